The summed E-state index contributed by atoms with van der Waals surface area (Å²) < 4.78 is 37.7. The molecule has 1 aromatic carbocycles. The summed E-state index contributed by atoms with van der Waals surface area (Å²) in [6.07, 6.45) is -2.84. The van der Waals surface area contributed by atoms with Gasteiger partial charge in [0.2, 0.25) is 0 Å². The smallest absolute Gasteiger partial charge is 0.390 e. The Morgan fingerprint density at radius 2 is 2.18 bits per heavy atom. The Hall–Kier alpha value is -2.02. The molecular formula is C15H16F3N3O. The van der Waals surface area contributed by atoms with E-state index in [1.807, 2.05) is 0 Å². The first-order chi connectivity index (χ1) is 10.4. The van der Waals surface area contributed by atoms with Gasteiger partial charge in [-0.2, -0.15) is 13.2 Å². The van der Waals surface area contributed by atoms with Gasteiger partial charge in [-0.25, -0.2) is 4.98 Å². The molecule has 0 spiro atoms. The van der Waals surface area contributed by atoms with Crippen LogP contribution in [0.4, 0.5) is 13.2 Å². The summed E-state index contributed by atoms with van der Waals surface area (Å²) in [7, 11) is 0. The Balaban J connectivity index is 1.92. The van der Waals surface area contributed by atoms with Crippen molar-refractivity contribution < 1.29 is 18.3 Å². The summed E-state index contributed by atoms with van der Waals surface area (Å²) in [4.78, 5) is 9.09. The van der Waals surface area contributed by atoms with Crippen molar-refractivity contribution >= 4 is 0 Å². The molecule has 118 valence electrons. The summed E-state index contributed by atoms with van der Waals surface area (Å²) in [5.41, 5.74) is 2.42. The van der Waals surface area contributed by atoms with Crippen LogP contribution in [0.25, 0.3) is 0 Å². The molecule has 0 aliphatic carbocycles. The number of nitrogens with zero attached hydrogens (tertiary/aromatic N) is 2. The van der Waals surface area contributed by atoms with Gasteiger partial charge in [0.15, 0.2) is 0 Å². The average molecular weight is 311 g/mol. The molecule has 22 heavy (non-hydrogen) atoms. The summed E-state index contributed by atoms with van der Waals surface area (Å²) in [6.45, 7) is 0.432. The van der Waals surface area contributed by atoms with Gasteiger partial charge in [0.1, 0.15) is 5.75 Å². The second-order valence-electron chi connectivity index (χ2n) is 5.41. The highest BCUT2D eigenvalue weighted by atomic mass is 19.4. The van der Waals surface area contributed by atoms with Crippen LogP contribution in [0.5, 0.6) is 5.75 Å². The van der Waals surface area contributed by atoms with Crippen molar-refractivity contribution in [1.82, 2.24) is 14.9 Å². The molecule has 7 heteroatoms. The molecule has 4 nitrogen and oxygen atoms in total. The molecule has 2 heterocycles. The van der Waals surface area contributed by atoms with Crippen molar-refractivity contribution in [2.45, 2.75) is 25.1 Å². The molecule has 0 saturated carbocycles. The van der Waals surface area contributed by atoms with Crippen LogP contribution >= 0.6 is 0 Å². The van der Waals surface area contributed by atoms with Gasteiger partial charge in [-0.1, -0.05) is 12.1 Å². The Morgan fingerprint density at radius 1 is 1.36 bits per heavy atom. The molecule has 1 aliphatic rings. The Bertz CT molecular complexity index is 653. The fourth-order valence-electron chi connectivity index (χ4n) is 2.90. The van der Waals surface area contributed by atoms with Gasteiger partial charge in [-0.05, 0) is 17.7 Å². The number of hydrogen-bond donors (Lipinski definition) is 2. The molecule has 1 atom stereocenters. The lowest BCUT2D eigenvalue weighted by Crippen LogP contribution is -2.38. The number of aromatic hydroxyl groups is 1. The third-order valence-electron chi connectivity index (χ3n) is 3.89. The topological polar surface area (TPSA) is 52.2 Å². The second kappa shape index (κ2) is 5.64. The van der Waals surface area contributed by atoms with E-state index in [9.17, 15) is 18.3 Å². The number of H-pyrrole nitrogens is 1. The molecule has 0 bridgehead atoms. The van der Waals surface area contributed by atoms with Crippen molar-refractivity contribution in [3.8, 4) is 5.75 Å². The molecule has 3 rings (SSSR count). The number of phenols is 1. The van der Waals surface area contributed by atoms with E-state index in [0.29, 0.717) is 13.0 Å². The van der Waals surface area contributed by atoms with Crippen LogP contribution in [0.2, 0.25) is 0 Å². The second-order valence-corrected chi connectivity index (χ2v) is 5.41. The Kier molecular flexibility index (Phi) is 3.82. The van der Waals surface area contributed by atoms with Crippen molar-refractivity contribution in [3.63, 3.8) is 0 Å². The number of imidazole rings is 1. The first-order valence-electron chi connectivity index (χ1n) is 7.06. The number of alkyl halides is 3. The van der Waals surface area contributed by atoms with Gasteiger partial charge in [-0.15, -0.1) is 0 Å². The van der Waals surface area contributed by atoms with Gasteiger partial charge in [0.25, 0.3) is 0 Å². The lowest BCUT2D eigenvalue weighted by molar-refractivity contribution is -0.139. The molecular weight excluding hydrogens is 295 g/mol. The number of hydrogen-bond acceptors (Lipinski definition) is 3. The van der Waals surface area contributed by atoms with E-state index in [1.165, 1.54) is 6.07 Å². The number of aromatic nitrogens is 2. The fourth-order valence-corrected chi connectivity index (χ4v) is 2.90. The van der Waals surface area contributed by atoms with E-state index in [2.05, 4.69) is 9.97 Å². The highest BCUT2D eigenvalue weighted by Crippen LogP contribution is 2.35. The lowest BCUT2D eigenvalue weighted by atomic mass is 9.95. The zero-order chi connectivity index (χ0) is 15.7. The van der Waals surface area contributed by atoms with E-state index in [1.54, 1.807) is 29.4 Å². The molecule has 0 saturated heterocycles. The number of fused-ring (bicyclic) bond motifs is 1. The maximum atomic E-state index is 12.6. The van der Waals surface area contributed by atoms with Gasteiger partial charge in [-0.3, -0.25) is 4.90 Å². The van der Waals surface area contributed by atoms with E-state index in [-0.39, 0.29) is 18.3 Å². The summed E-state index contributed by atoms with van der Waals surface area (Å²) in [5.74, 6) is 0.0935. The molecule has 1 aliphatic heterocycles. The van der Waals surface area contributed by atoms with E-state index in [4.69, 9.17) is 0 Å². The van der Waals surface area contributed by atoms with Crippen LogP contribution in [-0.2, 0) is 6.42 Å². The standard InChI is InChI=1S/C15H16F3N3O/c16-15(17,18)5-7-21-6-4-12-13(20-9-19-12)14(21)10-2-1-3-11(22)8-10/h1-3,8-9,14,22H,4-7H2,(H,19,20)/t14-/m0/s1. The number of rotatable bonds is 3. The minimum atomic E-state index is -4.19. The molecule has 0 radical (unpaired) electrons. The zero-order valence-electron chi connectivity index (χ0n) is 11.8. The van der Waals surface area contributed by atoms with E-state index in [0.717, 1.165) is 17.0 Å². The lowest BCUT2D eigenvalue weighted by Gasteiger charge is -2.35. The number of benzene rings is 1. The molecule has 0 fully saturated rings. The van der Waals surface area contributed by atoms with Crippen molar-refractivity contribution in [2.75, 3.05) is 13.1 Å². The molecule has 2 aromatic rings. The van der Waals surface area contributed by atoms with Crippen LogP contribution in [0.15, 0.2) is 30.6 Å². The minimum Gasteiger partial charge on any atom is -0.508 e. The van der Waals surface area contributed by atoms with E-state index >= 15 is 0 Å². The molecule has 0 amide bonds. The molecule has 1 aromatic heterocycles. The van der Waals surface area contributed by atoms with Crippen LogP contribution in [0, 0.1) is 0 Å². The monoisotopic (exact) mass is 311 g/mol. The van der Waals surface area contributed by atoms with Gasteiger partial charge in [0.05, 0.1) is 24.5 Å². The van der Waals surface area contributed by atoms with E-state index < -0.39 is 12.6 Å². The van der Waals surface area contributed by atoms with Crippen molar-refractivity contribution in [2.24, 2.45) is 0 Å². The molecule has 0 unspecified atom stereocenters. The van der Waals surface area contributed by atoms with Crippen LogP contribution in [0.1, 0.15) is 29.4 Å². The van der Waals surface area contributed by atoms with Crippen molar-refractivity contribution in [3.05, 3.63) is 47.5 Å². The maximum absolute atomic E-state index is 12.6. The largest absolute Gasteiger partial charge is 0.508 e. The third kappa shape index (κ3) is 3.09. The maximum Gasteiger partial charge on any atom is 0.390 e. The first kappa shape index (κ1) is 14.9. The predicted octanol–water partition coefficient (Wildman–Crippen LogP) is 3.02. The number of halogens is 3. The van der Waals surface area contributed by atoms with Crippen molar-refractivity contribution in [1.29, 1.82) is 0 Å². The molecule has 2 N–H and O–H groups in total. The number of aromatic amines is 1. The van der Waals surface area contributed by atoms with Gasteiger partial charge in [0, 0.05) is 25.2 Å². The average Bonchev–Trinajstić information content (AvgIpc) is 2.92. The highest BCUT2D eigenvalue weighted by Gasteiger charge is 2.34. The SMILES string of the molecule is Oc1cccc([C@H]2c3nc[nH]c3CCN2CCC(F)(F)F)c1. The van der Waals surface area contributed by atoms with Gasteiger partial charge < -0.3 is 10.1 Å². The normalized spacial score (nSPS) is 19.1. The Morgan fingerprint density at radius 3 is 2.91 bits per heavy atom. The van der Waals surface area contributed by atoms with Crippen LogP contribution in [-0.4, -0.2) is 39.2 Å². The number of nitrogens with one attached hydrogen (secondary N) is 1. The fraction of sp³-hybridized carbons (Fsp3) is 0.400. The van der Waals surface area contributed by atoms with Crippen LogP contribution < -0.4 is 0 Å². The minimum absolute atomic E-state index is 0.0872. The third-order valence-corrected chi connectivity index (χ3v) is 3.89. The van der Waals surface area contributed by atoms with Crippen LogP contribution in [0.3, 0.4) is 0 Å². The zero-order valence-corrected chi connectivity index (χ0v) is 11.8. The summed E-state index contributed by atoms with van der Waals surface area (Å²) >= 11 is 0. The quantitative estimate of drug-likeness (QED) is 0.916. The van der Waals surface area contributed by atoms with Gasteiger partial charge >= 0.3 is 6.18 Å². The number of phenolic OH excluding ortho intramolecular Hbond substituents is 1. The highest BCUT2D eigenvalue weighted by molar-refractivity contribution is 5.36. The summed E-state index contributed by atoms with van der Waals surface area (Å²) in [5, 5.41) is 9.66. The summed E-state index contributed by atoms with van der Waals surface area (Å²) in [6, 6.07) is 6.24. The first-order valence-corrected chi connectivity index (χ1v) is 7.06. The Labute approximate surface area is 125 Å². The predicted molar refractivity (Wildman–Crippen MR) is 74.5 cm³/mol.